The minimum absolute atomic E-state index is 0.945. The van der Waals surface area contributed by atoms with Gasteiger partial charge in [-0.25, -0.2) is 13.7 Å². The highest BCUT2D eigenvalue weighted by atomic mass is 16.3. The molecule has 6 aromatic carbocycles. The topological polar surface area (TPSA) is 51.1 Å². The molecule has 0 aliphatic rings. The third-order valence-electron chi connectivity index (χ3n) is 14.4. The number of pyridine rings is 3. The van der Waals surface area contributed by atoms with E-state index in [9.17, 15) is 0 Å². The number of furan rings is 3. The molecule has 0 amide bonds. The maximum Gasteiger partial charge on any atom is 0.216 e. The van der Waals surface area contributed by atoms with Gasteiger partial charge in [0.25, 0.3) is 0 Å². The van der Waals surface area contributed by atoms with Crippen molar-refractivity contribution in [2.24, 2.45) is 21.1 Å². The van der Waals surface area contributed by atoms with Crippen molar-refractivity contribution >= 4 is 65.8 Å². The van der Waals surface area contributed by atoms with Gasteiger partial charge in [-0.15, -0.1) is 0 Å². The van der Waals surface area contributed by atoms with Crippen LogP contribution in [0.15, 0.2) is 153 Å². The van der Waals surface area contributed by atoms with E-state index in [4.69, 9.17) is 13.3 Å². The summed E-state index contributed by atoms with van der Waals surface area (Å²) < 4.78 is 25.4. The maximum absolute atomic E-state index is 6.31. The van der Waals surface area contributed by atoms with Gasteiger partial charge in [-0.05, 0) is 132 Å². The Morgan fingerprint density at radius 3 is 1.21 bits per heavy atom. The van der Waals surface area contributed by atoms with E-state index in [1.807, 2.05) is 36.4 Å². The van der Waals surface area contributed by atoms with Gasteiger partial charge < -0.3 is 13.3 Å². The second kappa shape index (κ2) is 17.9. The van der Waals surface area contributed by atoms with Gasteiger partial charge in [0.05, 0.1) is 16.7 Å². The summed E-state index contributed by atoms with van der Waals surface area (Å²) in [5.74, 6) is 0. The lowest BCUT2D eigenvalue weighted by Gasteiger charge is -2.09. The summed E-state index contributed by atoms with van der Waals surface area (Å²) in [6.07, 6.45) is 6.53. The van der Waals surface area contributed by atoms with Crippen molar-refractivity contribution < 1.29 is 27.0 Å². The van der Waals surface area contributed by atoms with Crippen LogP contribution in [0, 0.1) is 69.2 Å². The molecule has 6 nitrogen and oxygen atoms in total. The van der Waals surface area contributed by atoms with Gasteiger partial charge in [0.15, 0.2) is 18.6 Å². The molecule has 0 N–H and O–H groups in total. The summed E-state index contributed by atoms with van der Waals surface area (Å²) in [7, 11) is 6.30. The van der Waals surface area contributed by atoms with Crippen molar-refractivity contribution in [1.29, 1.82) is 0 Å². The molecule has 348 valence electrons. The summed E-state index contributed by atoms with van der Waals surface area (Å²) in [4.78, 5) is 0. The lowest BCUT2D eigenvalue weighted by atomic mass is 9.96. The fourth-order valence-electron chi connectivity index (χ4n) is 10.6. The number of aromatic nitrogens is 3. The molecule has 6 aromatic heterocycles. The van der Waals surface area contributed by atoms with Gasteiger partial charge in [-0.3, -0.25) is 0 Å². The average molecular weight is 921 g/mol. The normalized spacial score (nSPS) is 11.5. The molecule has 0 aliphatic heterocycles. The van der Waals surface area contributed by atoms with Crippen molar-refractivity contribution in [3.05, 3.63) is 196 Å². The van der Waals surface area contributed by atoms with E-state index in [-0.39, 0.29) is 0 Å². The summed E-state index contributed by atoms with van der Waals surface area (Å²) in [5.41, 5.74) is 25.6. The average Bonchev–Trinajstić information content (AvgIpc) is 4.03. The highest BCUT2D eigenvalue weighted by Crippen LogP contribution is 2.41. The van der Waals surface area contributed by atoms with Crippen LogP contribution in [0.1, 0.15) is 55.6 Å². The highest BCUT2D eigenvalue weighted by Gasteiger charge is 2.25. The van der Waals surface area contributed by atoms with Gasteiger partial charge >= 0.3 is 0 Å². The summed E-state index contributed by atoms with van der Waals surface area (Å²) in [6, 6.07) is 42.6. The molecular weight excluding hydrogens is 859 g/mol. The van der Waals surface area contributed by atoms with E-state index in [1.165, 1.54) is 122 Å². The number of para-hydroxylation sites is 3. The first-order valence-electron chi connectivity index (χ1n) is 24.2. The van der Waals surface area contributed by atoms with E-state index in [0.29, 0.717) is 0 Å². The monoisotopic (exact) mass is 920 g/mol. The Labute approximate surface area is 410 Å². The highest BCUT2D eigenvalue weighted by molar-refractivity contribution is 6.13. The minimum atomic E-state index is 0.945. The zero-order valence-corrected chi connectivity index (χ0v) is 42.8. The number of hydrogen-bond donors (Lipinski definition) is 0. The van der Waals surface area contributed by atoms with Gasteiger partial charge in [-0.2, -0.15) is 0 Å². The van der Waals surface area contributed by atoms with Crippen molar-refractivity contribution in [3.8, 4) is 33.8 Å². The number of aryl methyl sites for hydroxylation is 13. The van der Waals surface area contributed by atoms with E-state index >= 15 is 0 Å². The molecule has 12 rings (SSSR count). The van der Waals surface area contributed by atoms with Crippen LogP contribution in [-0.4, -0.2) is 0 Å². The first-order chi connectivity index (χ1) is 33.6. The third-order valence-corrected chi connectivity index (χ3v) is 14.4. The Balaban J connectivity index is 0.000000122. The second-order valence-corrected chi connectivity index (χ2v) is 19.6. The number of fused-ring (bicyclic) bond motifs is 9. The van der Waals surface area contributed by atoms with E-state index in [2.05, 4.69) is 208 Å². The van der Waals surface area contributed by atoms with Gasteiger partial charge in [0.2, 0.25) is 17.1 Å². The zero-order valence-electron chi connectivity index (χ0n) is 42.8. The van der Waals surface area contributed by atoms with Crippen molar-refractivity contribution in [3.63, 3.8) is 0 Å². The van der Waals surface area contributed by atoms with Crippen LogP contribution < -0.4 is 13.7 Å². The maximum atomic E-state index is 6.31. The molecule has 0 saturated heterocycles. The Kier molecular flexibility index (Phi) is 11.8. The van der Waals surface area contributed by atoms with Crippen LogP contribution in [0.4, 0.5) is 0 Å². The molecule has 12 aromatic rings. The molecule has 0 fully saturated rings. The van der Waals surface area contributed by atoms with Crippen molar-refractivity contribution in [1.82, 2.24) is 0 Å². The summed E-state index contributed by atoms with van der Waals surface area (Å²) in [5, 5.41) is 7.19. The lowest BCUT2D eigenvalue weighted by Crippen LogP contribution is -2.31. The van der Waals surface area contributed by atoms with Crippen LogP contribution in [0.25, 0.3) is 99.6 Å². The first kappa shape index (κ1) is 45.9. The van der Waals surface area contributed by atoms with E-state index < -0.39 is 0 Å². The van der Waals surface area contributed by atoms with Crippen LogP contribution in [0.5, 0.6) is 0 Å². The zero-order chi connectivity index (χ0) is 49.3. The summed E-state index contributed by atoms with van der Waals surface area (Å²) >= 11 is 0. The largest absolute Gasteiger partial charge is 0.455 e. The van der Waals surface area contributed by atoms with Crippen LogP contribution >= 0.6 is 0 Å². The third kappa shape index (κ3) is 7.91. The second-order valence-electron chi connectivity index (χ2n) is 19.6. The molecule has 0 atom stereocenters. The predicted octanol–water partition coefficient (Wildman–Crippen LogP) is 15.3. The Morgan fingerprint density at radius 2 is 0.714 bits per heavy atom. The lowest BCUT2D eigenvalue weighted by molar-refractivity contribution is -0.660. The van der Waals surface area contributed by atoms with Gasteiger partial charge in [0, 0.05) is 67.2 Å². The molecule has 0 aliphatic carbocycles. The van der Waals surface area contributed by atoms with Gasteiger partial charge in [-0.1, -0.05) is 78.9 Å². The molecule has 0 spiro atoms. The quantitative estimate of drug-likeness (QED) is 0.166. The van der Waals surface area contributed by atoms with Crippen LogP contribution in [-0.2, 0) is 21.1 Å². The minimum Gasteiger partial charge on any atom is -0.455 e. The fourth-order valence-corrected chi connectivity index (χ4v) is 10.6. The molecule has 0 saturated carbocycles. The molecule has 6 heteroatoms. The molecular formula is C64H62N3O3+3. The molecule has 0 bridgehead atoms. The van der Waals surface area contributed by atoms with E-state index in [1.54, 1.807) is 0 Å². The number of nitrogens with zero attached hydrogens (tertiary/aromatic N) is 3. The Hall–Kier alpha value is -7.83. The first-order valence-corrected chi connectivity index (χ1v) is 24.2. The van der Waals surface area contributed by atoms with Crippen LogP contribution in [0.2, 0.25) is 0 Å². The van der Waals surface area contributed by atoms with Crippen molar-refractivity contribution in [2.75, 3.05) is 0 Å². The standard InChI is InChI=1S/C22H22NO.2C21H20NO/c1-13-11-18(23(5)12-16(13)4)21-15(3)10-14(2)20-17-8-6-7-9-19(17)24-22(20)21;1-13-9-10-17-16-7-5-6-8-19(16)23-21(17)20(13)18-11-14(2)15(3)12-22(18)4;1-13-9-10-17(22(4)12-13)20-15(3)11-14(2)19-16-7-5-6-8-18(16)23-21(19)20/h6-12H,1-5H3;2*5-12H,1-4H3/q3*+1. The Morgan fingerprint density at radius 1 is 0.300 bits per heavy atom. The number of benzene rings is 6. The smallest absolute Gasteiger partial charge is 0.216 e. The van der Waals surface area contributed by atoms with Gasteiger partial charge in [0.1, 0.15) is 54.6 Å². The molecule has 6 heterocycles. The molecule has 0 unspecified atom stereocenters. The SMILES string of the molecule is Cc1cc(-c2c(C)cc(C)c3c2oc2ccccc23)[n+](C)cc1C.Cc1cc(-c2c(C)ccc3c2oc2ccccc23)[n+](C)cc1C.Cc1ccc(-c2c(C)cc(C)c3c2oc2ccccc23)[n+](C)c1. The fraction of sp³-hybridized carbons (Fsp3) is 0.203. The predicted molar refractivity (Wildman–Crippen MR) is 288 cm³/mol. The number of hydrogen-bond acceptors (Lipinski definition) is 3. The molecule has 70 heavy (non-hydrogen) atoms. The summed E-state index contributed by atoms with van der Waals surface area (Å²) in [6.45, 7) is 21.5. The van der Waals surface area contributed by atoms with Crippen molar-refractivity contribution in [2.45, 2.75) is 69.2 Å². The Bertz CT molecular complexity index is 4050. The number of rotatable bonds is 3. The molecule has 0 radical (unpaired) electrons. The van der Waals surface area contributed by atoms with Crippen LogP contribution in [0.3, 0.4) is 0 Å². The van der Waals surface area contributed by atoms with E-state index in [0.717, 1.165) is 33.5 Å².